The molecular weight excluding hydrogens is 230 g/mol. The average molecular weight is 247 g/mol. The third kappa shape index (κ3) is 3.38. The van der Waals surface area contributed by atoms with Crippen molar-refractivity contribution in [2.75, 3.05) is 0 Å². The van der Waals surface area contributed by atoms with Gasteiger partial charge in [-0.25, -0.2) is 0 Å². The molecule has 0 spiro atoms. The monoisotopic (exact) mass is 247 g/mol. The van der Waals surface area contributed by atoms with Crippen molar-refractivity contribution in [3.05, 3.63) is 47.9 Å². The van der Waals surface area contributed by atoms with Crippen LogP contribution in [0.2, 0.25) is 0 Å². The number of furan rings is 1. The molecule has 17 heavy (non-hydrogen) atoms. The highest BCUT2D eigenvalue weighted by molar-refractivity contribution is 7.99. The molecule has 90 valence electrons. The van der Waals surface area contributed by atoms with E-state index in [1.54, 1.807) is 18.0 Å². The fourth-order valence-corrected chi connectivity index (χ4v) is 2.51. The second kappa shape index (κ2) is 5.43. The van der Waals surface area contributed by atoms with E-state index < -0.39 is 0 Å². The van der Waals surface area contributed by atoms with Crippen molar-refractivity contribution in [3.8, 4) is 0 Å². The normalized spacial score (nSPS) is 12.6. The fraction of sp³-hybridized carbons (Fsp3) is 0.286. The Hall–Kier alpha value is -1.19. The molecule has 2 aromatic rings. The van der Waals surface area contributed by atoms with E-state index in [9.17, 15) is 0 Å². The first kappa shape index (κ1) is 12.3. The first-order chi connectivity index (χ1) is 8.15. The highest BCUT2D eigenvalue weighted by Gasteiger charge is 2.04. The molecule has 0 amide bonds. The summed E-state index contributed by atoms with van der Waals surface area (Å²) in [6, 6.07) is 10.8. The van der Waals surface area contributed by atoms with Crippen molar-refractivity contribution < 1.29 is 4.42 Å². The van der Waals surface area contributed by atoms with Gasteiger partial charge in [-0.3, -0.25) is 0 Å². The molecule has 1 atom stereocenters. The van der Waals surface area contributed by atoms with Gasteiger partial charge in [-0.15, -0.1) is 0 Å². The lowest BCUT2D eigenvalue weighted by Gasteiger charge is -2.06. The Balaban J connectivity index is 2.06. The minimum atomic E-state index is 0.213. The number of nitrogens with two attached hydrogens (primary N) is 1. The minimum Gasteiger partial charge on any atom is -0.468 e. The molecule has 0 saturated carbocycles. The molecule has 0 radical (unpaired) electrons. The molecule has 0 bridgehead atoms. The van der Waals surface area contributed by atoms with Gasteiger partial charge in [0.15, 0.2) is 0 Å². The molecule has 2 nitrogen and oxygen atoms in total. The summed E-state index contributed by atoms with van der Waals surface area (Å²) in [5, 5.41) is 0. The molecule has 1 heterocycles. The van der Waals surface area contributed by atoms with Crippen LogP contribution in [0.5, 0.6) is 0 Å². The molecule has 0 aliphatic carbocycles. The third-order valence-electron chi connectivity index (χ3n) is 2.52. The number of benzene rings is 1. The maximum atomic E-state index is 5.77. The third-order valence-corrected chi connectivity index (χ3v) is 3.67. The summed E-state index contributed by atoms with van der Waals surface area (Å²) in [5.41, 5.74) is 7.06. The van der Waals surface area contributed by atoms with Crippen LogP contribution in [0.1, 0.15) is 18.2 Å². The maximum absolute atomic E-state index is 5.77. The van der Waals surface area contributed by atoms with Gasteiger partial charge in [0.1, 0.15) is 5.76 Å². The van der Waals surface area contributed by atoms with Crippen LogP contribution < -0.4 is 5.73 Å². The molecular formula is C14H17NOS. The van der Waals surface area contributed by atoms with Crippen LogP contribution >= 0.6 is 11.8 Å². The topological polar surface area (TPSA) is 39.2 Å². The molecule has 1 aromatic heterocycles. The highest BCUT2D eigenvalue weighted by Crippen LogP contribution is 2.30. The zero-order chi connectivity index (χ0) is 12.3. The quantitative estimate of drug-likeness (QED) is 0.896. The van der Waals surface area contributed by atoms with E-state index in [1.807, 2.05) is 19.9 Å². The van der Waals surface area contributed by atoms with E-state index in [-0.39, 0.29) is 6.04 Å². The van der Waals surface area contributed by atoms with Crippen LogP contribution in [0, 0.1) is 6.92 Å². The summed E-state index contributed by atoms with van der Waals surface area (Å²) in [6.07, 6.45) is 2.65. The number of hydrogen-bond donors (Lipinski definition) is 1. The second-order valence-electron chi connectivity index (χ2n) is 4.27. The molecule has 2 rings (SSSR count). The van der Waals surface area contributed by atoms with Gasteiger partial charge in [-0.2, -0.15) is 0 Å². The van der Waals surface area contributed by atoms with Gasteiger partial charge in [-0.05, 0) is 44.0 Å². The zero-order valence-corrected chi connectivity index (χ0v) is 11.0. The lowest BCUT2D eigenvalue weighted by atomic mass is 10.1. The van der Waals surface area contributed by atoms with Crippen molar-refractivity contribution in [1.29, 1.82) is 0 Å². The summed E-state index contributed by atoms with van der Waals surface area (Å²) in [7, 11) is 0. The molecule has 1 aromatic carbocycles. The Morgan fingerprint density at radius 2 is 1.94 bits per heavy atom. The molecule has 2 N–H and O–H groups in total. The zero-order valence-electron chi connectivity index (χ0n) is 10.1. The van der Waals surface area contributed by atoms with Gasteiger partial charge in [0.2, 0.25) is 0 Å². The predicted molar refractivity (Wildman–Crippen MR) is 71.4 cm³/mol. The van der Waals surface area contributed by atoms with Crippen LogP contribution in [0.3, 0.4) is 0 Å². The Morgan fingerprint density at radius 1 is 1.24 bits per heavy atom. The van der Waals surface area contributed by atoms with Crippen molar-refractivity contribution in [2.24, 2.45) is 5.73 Å². The van der Waals surface area contributed by atoms with Gasteiger partial charge in [0.25, 0.3) is 0 Å². The van der Waals surface area contributed by atoms with E-state index >= 15 is 0 Å². The lowest BCUT2D eigenvalue weighted by molar-refractivity contribution is 0.527. The standard InChI is InChI=1S/C14H17NOS/c1-10(15)9-12-3-5-13(6-4-12)17-14-7-8-16-11(14)2/h3-8,10H,9,15H2,1-2H3. The van der Waals surface area contributed by atoms with E-state index in [0.717, 1.165) is 12.2 Å². The molecule has 0 aliphatic rings. The molecule has 3 heteroatoms. The molecule has 0 saturated heterocycles. The number of aryl methyl sites for hydroxylation is 1. The SMILES string of the molecule is Cc1occc1Sc1ccc(CC(C)N)cc1. The molecule has 0 fully saturated rings. The maximum Gasteiger partial charge on any atom is 0.114 e. The number of hydrogen-bond acceptors (Lipinski definition) is 3. The van der Waals surface area contributed by atoms with Crippen molar-refractivity contribution in [3.63, 3.8) is 0 Å². The minimum absolute atomic E-state index is 0.213. The van der Waals surface area contributed by atoms with Crippen molar-refractivity contribution in [1.82, 2.24) is 0 Å². The van der Waals surface area contributed by atoms with Crippen LogP contribution in [0.25, 0.3) is 0 Å². The Kier molecular flexibility index (Phi) is 3.92. The van der Waals surface area contributed by atoms with Crippen LogP contribution in [-0.2, 0) is 6.42 Å². The Morgan fingerprint density at radius 3 is 2.47 bits per heavy atom. The van der Waals surface area contributed by atoms with Gasteiger partial charge in [0, 0.05) is 10.9 Å². The van der Waals surface area contributed by atoms with E-state index in [4.69, 9.17) is 10.2 Å². The summed E-state index contributed by atoms with van der Waals surface area (Å²) >= 11 is 1.72. The molecule has 0 aliphatic heterocycles. The van der Waals surface area contributed by atoms with Crippen LogP contribution in [0.15, 0.2) is 50.8 Å². The van der Waals surface area contributed by atoms with E-state index in [1.165, 1.54) is 15.4 Å². The van der Waals surface area contributed by atoms with Gasteiger partial charge in [-0.1, -0.05) is 23.9 Å². The average Bonchev–Trinajstić information content (AvgIpc) is 2.67. The molecule has 1 unspecified atom stereocenters. The Labute approximate surface area is 106 Å². The van der Waals surface area contributed by atoms with Crippen LogP contribution in [-0.4, -0.2) is 6.04 Å². The van der Waals surface area contributed by atoms with Crippen molar-refractivity contribution >= 4 is 11.8 Å². The largest absolute Gasteiger partial charge is 0.468 e. The first-order valence-corrected chi connectivity index (χ1v) is 6.53. The Bertz CT molecular complexity index is 473. The summed E-state index contributed by atoms with van der Waals surface area (Å²) in [4.78, 5) is 2.40. The van der Waals surface area contributed by atoms with Gasteiger partial charge < -0.3 is 10.2 Å². The number of rotatable bonds is 4. The van der Waals surface area contributed by atoms with Gasteiger partial charge in [0.05, 0.1) is 11.2 Å². The lowest BCUT2D eigenvalue weighted by Crippen LogP contribution is -2.17. The van der Waals surface area contributed by atoms with Crippen molar-refractivity contribution in [2.45, 2.75) is 36.1 Å². The summed E-state index contributed by atoms with van der Waals surface area (Å²) < 4.78 is 5.28. The highest BCUT2D eigenvalue weighted by atomic mass is 32.2. The van der Waals surface area contributed by atoms with E-state index in [0.29, 0.717) is 0 Å². The fourth-order valence-electron chi connectivity index (χ4n) is 1.67. The first-order valence-electron chi connectivity index (χ1n) is 5.71. The summed E-state index contributed by atoms with van der Waals surface area (Å²) in [5.74, 6) is 0.967. The van der Waals surface area contributed by atoms with Crippen LogP contribution in [0.4, 0.5) is 0 Å². The summed E-state index contributed by atoms with van der Waals surface area (Å²) in [6.45, 7) is 4.00. The predicted octanol–water partition coefficient (Wildman–Crippen LogP) is 3.63. The smallest absolute Gasteiger partial charge is 0.114 e. The second-order valence-corrected chi connectivity index (χ2v) is 5.38. The van der Waals surface area contributed by atoms with E-state index in [2.05, 4.69) is 24.3 Å². The van der Waals surface area contributed by atoms with Gasteiger partial charge >= 0.3 is 0 Å².